The number of aliphatic hydroxyl groups is 2. The van der Waals surface area contributed by atoms with Gasteiger partial charge in [0.25, 0.3) is 0 Å². The molecule has 0 aliphatic carbocycles. The summed E-state index contributed by atoms with van der Waals surface area (Å²) < 4.78 is 28.4. The summed E-state index contributed by atoms with van der Waals surface area (Å²) in [6.45, 7) is 5.79. The number of rotatable bonds is 51. The first-order chi connectivity index (χ1) is 38.6. The molecular weight excluding hydrogens is 997 g/mol. The molecule has 3 N–H and O–H groups in total. The zero-order chi connectivity index (χ0) is 57.5. The topological polar surface area (TPSA) is 175 Å². The molecule has 1 saturated heterocycles. The van der Waals surface area contributed by atoms with Crippen LogP contribution in [0.5, 0.6) is 0 Å². The molecule has 12 nitrogen and oxygen atoms in total. The highest BCUT2D eigenvalue weighted by atomic mass is 16.7. The third-order valence-corrected chi connectivity index (χ3v) is 13.3. The van der Waals surface area contributed by atoms with Crippen LogP contribution in [-0.2, 0) is 42.9 Å². The van der Waals surface area contributed by atoms with E-state index >= 15 is 0 Å². The van der Waals surface area contributed by atoms with E-state index in [9.17, 15) is 34.5 Å². The van der Waals surface area contributed by atoms with Crippen LogP contribution < -0.4 is 0 Å². The van der Waals surface area contributed by atoms with Gasteiger partial charge in [-0.15, -0.1) is 0 Å². The minimum atomic E-state index is -1.92. The second-order valence-corrected chi connectivity index (χ2v) is 20.6. The molecule has 448 valence electrons. The number of carbonyl (C=O) groups excluding carboxylic acids is 3. The fourth-order valence-electron chi connectivity index (χ4n) is 8.57. The fraction of sp³-hybridized carbons (Fsp3) is 0.672. The number of hydrogen-bond donors (Lipinski definition) is 3. The Morgan fingerprint density at radius 1 is 0.430 bits per heavy atom. The first kappa shape index (κ1) is 72.4. The van der Waals surface area contributed by atoms with Gasteiger partial charge in [0.05, 0.1) is 6.61 Å². The number of carboxylic acid groups (broad SMARTS) is 1. The Hall–Kier alpha value is -4.62. The van der Waals surface area contributed by atoms with Gasteiger partial charge in [0, 0.05) is 19.3 Å². The van der Waals surface area contributed by atoms with Crippen molar-refractivity contribution in [3.05, 3.63) is 109 Å². The van der Waals surface area contributed by atoms with Crippen molar-refractivity contribution in [2.45, 2.75) is 276 Å². The molecule has 79 heavy (non-hydrogen) atoms. The van der Waals surface area contributed by atoms with E-state index in [1.165, 1.54) is 38.5 Å². The molecular formula is C67H108O12. The maximum atomic E-state index is 13.2. The van der Waals surface area contributed by atoms with Crippen molar-refractivity contribution in [1.29, 1.82) is 0 Å². The van der Waals surface area contributed by atoms with Gasteiger partial charge in [0.1, 0.15) is 18.8 Å². The molecule has 0 radical (unpaired) electrons. The normalized spacial score (nSPS) is 18.6. The number of esters is 3. The summed E-state index contributed by atoms with van der Waals surface area (Å²) in [7, 11) is 0. The smallest absolute Gasteiger partial charge is 0.335 e. The largest absolute Gasteiger partial charge is 0.479 e. The van der Waals surface area contributed by atoms with Crippen molar-refractivity contribution >= 4 is 23.9 Å². The monoisotopic (exact) mass is 1100 g/mol. The van der Waals surface area contributed by atoms with Gasteiger partial charge in [-0.25, -0.2) is 4.79 Å². The Labute approximate surface area is 478 Å². The molecule has 0 aromatic rings. The van der Waals surface area contributed by atoms with Gasteiger partial charge < -0.3 is 39.0 Å². The lowest BCUT2D eigenvalue weighted by Crippen LogP contribution is -2.61. The Morgan fingerprint density at radius 2 is 0.797 bits per heavy atom. The number of hydrogen-bond acceptors (Lipinski definition) is 11. The summed E-state index contributed by atoms with van der Waals surface area (Å²) in [6, 6.07) is 0. The summed E-state index contributed by atoms with van der Waals surface area (Å²) in [5.74, 6) is -3.21. The molecule has 0 amide bonds. The summed E-state index contributed by atoms with van der Waals surface area (Å²) in [5, 5.41) is 31.5. The number of carbonyl (C=O) groups is 4. The predicted octanol–water partition coefficient (Wildman–Crippen LogP) is 16.2. The molecule has 0 aromatic carbocycles. The number of unbranched alkanes of at least 4 members (excludes halogenated alkanes) is 19. The highest BCUT2D eigenvalue weighted by Gasteiger charge is 2.50. The van der Waals surface area contributed by atoms with E-state index < -0.39 is 67.3 Å². The lowest BCUT2D eigenvalue weighted by molar-refractivity contribution is -0.301. The second kappa shape index (κ2) is 54.0. The minimum absolute atomic E-state index is 0.0130. The van der Waals surface area contributed by atoms with Crippen LogP contribution in [0.15, 0.2) is 109 Å². The third-order valence-electron chi connectivity index (χ3n) is 13.3. The van der Waals surface area contributed by atoms with Crippen molar-refractivity contribution < 1.29 is 58.2 Å². The molecule has 6 atom stereocenters. The summed E-state index contributed by atoms with van der Waals surface area (Å²) in [5.41, 5.74) is 0. The molecule has 0 saturated carbocycles. The second-order valence-electron chi connectivity index (χ2n) is 20.6. The Morgan fingerprint density at radius 3 is 1.23 bits per heavy atom. The molecule has 0 spiro atoms. The van der Waals surface area contributed by atoms with Crippen molar-refractivity contribution in [3.63, 3.8) is 0 Å². The van der Waals surface area contributed by atoms with E-state index in [2.05, 4.69) is 130 Å². The van der Waals surface area contributed by atoms with Gasteiger partial charge in [-0.05, 0) is 128 Å². The van der Waals surface area contributed by atoms with Crippen LogP contribution in [-0.4, -0.2) is 89.2 Å². The average molecular weight is 1110 g/mol. The van der Waals surface area contributed by atoms with Gasteiger partial charge in [0.2, 0.25) is 0 Å². The van der Waals surface area contributed by atoms with E-state index in [4.69, 9.17) is 23.7 Å². The van der Waals surface area contributed by atoms with E-state index in [-0.39, 0.29) is 25.9 Å². The Balaban J connectivity index is 2.72. The zero-order valence-electron chi connectivity index (χ0n) is 49.3. The van der Waals surface area contributed by atoms with Crippen LogP contribution in [0.3, 0.4) is 0 Å². The zero-order valence-corrected chi connectivity index (χ0v) is 49.3. The molecule has 1 rings (SSSR count). The molecule has 6 unspecified atom stereocenters. The van der Waals surface area contributed by atoms with Crippen LogP contribution >= 0.6 is 0 Å². The van der Waals surface area contributed by atoms with Gasteiger partial charge in [-0.1, -0.05) is 201 Å². The SMILES string of the molecule is CC/C=C\C/C=C\C/C=C\C/C=C\C/C=C\CCCCCC(=O)OC1C(OCC(COC(=O)CCCCCCC/C=C\C/C=C\CCCCC)OC(=O)CCCCCCC/C=C\C/C=C\CCCCC)OC(C(=O)O)C(O)C1O. The summed E-state index contributed by atoms with van der Waals surface area (Å²) >= 11 is 0. The van der Waals surface area contributed by atoms with Crippen molar-refractivity contribution in [2.75, 3.05) is 13.2 Å². The van der Waals surface area contributed by atoms with E-state index in [1.807, 2.05) is 0 Å². The number of aliphatic hydroxyl groups excluding tert-OH is 2. The van der Waals surface area contributed by atoms with Crippen LogP contribution in [0.1, 0.15) is 239 Å². The maximum absolute atomic E-state index is 13.2. The first-order valence-electron chi connectivity index (χ1n) is 30.9. The quantitative estimate of drug-likeness (QED) is 0.0228. The fourth-order valence-corrected chi connectivity index (χ4v) is 8.57. The highest BCUT2D eigenvalue weighted by Crippen LogP contribution is 2.26. The van der Waals surface area contributed by atoms with Gasteiger partial charge >= 0.3 is 23.9 Å². The van der Waals surface area contributed by atoms with Crippen molar-refractivity contribution in [1.82, 2.24) is 0 Å². The third kappa shape index (κ3) is 43.8. The molecule has 0 bridgehead atoms. The minimum Gasteiger partial charge on any atom is -0.479 e. The molecule has 1 aliphatic rings. The molecule has 12 heteroatoms. The number of allylic oxidation sites excluding steroid dienone is 18. The number of ether oxygens (including phenoxy) is 5. The van der Waals surface area contributed by atoms with Crippen molar-refractivity contribution in [2.24, 2.45) is 0 Å². The number of aliphatic carboxylic acids is 1. The standard InChI is InChI=1S/C67H108O12/c1-4-7-10-13-16-19-22-25-28-29-30-31-34-37-40-43-46-49-52-55-61(70)78-65-63(72)62(71)64(66(73)74)79-67(65)76-57-58(77-60(69)54-51-48-45-42-39-36-33-27-24-21-18-15-12-9-6-3)56-75-59(68)53-50-47-44-41-38-35-32-26-23-20-17-14-11-8-5-2/h7,10,16-21,25-28,30-33,37,40,58,62-65,67,71-72H,4-6,8-9,11-15,22-24,29,34-36,38-39,41-57H2,1-3H3,(H,73,74)/b10-7-,19-16-,20-17-,21-18-,28-25-,31-30-,32-26-,33-27-,40-37-. The van der Waals surface area contributed by atoms with Gasteiger partial charge in [-0.3, -0.25) is 14.4 Å². The summed E-state index contributed by atoms with van der Waals surface area (Å²) in [4.78, 5) is 51.2. The van der Waals surface area contributed by atoms with E-state index in [0.717, 1.165) is 141 Å². The highest BCUT2D eigenvalue weighted by molar-refractivity contribution is 5.74. The van der Waals surface area contributed by atoms with E-state index in [1.54, 1.807) is 0 Å². The van der Waals surface area contributed by atoms with E-state index in [0.29, 0.717) is 19.3 Å². The predicted molar refractivity (Wildman–Crippen MR) is 321 cm³/mol. The lowest BCUT2D eigenvalue weighted by atomic mass is 9.98. The Kier molecular flexibility index (Phi) is 49.5. The Bertz CT molecular complexity index is 1790. The summed E-state index contributed by atoms with van der Waals surface area (Å²) in [6.07, 6.45) is 60.4. The van der Waals surface area contributed by atoms with Crippen LogP contribution in [0.2, 0.25) is 0 Å². The molecule has 1 heterocycles. The average Bonchev–Trinajstić information content (AvgIpc) is 3.44. The van der Waals surface area contributed by atoms with Gasteiger partial charge in [-0.2, -0.15) is 0 Å². The maximum Gasteiger partial charge on any atom is 0.335 e. The van der Waals surface area contributed by atoms with Crippen LogP contribution in [0.25, 0.3) is 0 Å². The van der Waals surface area contributed by atoms with Crippen LogP contribution in [0.4, 0.5) is 0 Å². The van der Waals surface area contributed by atoms with Crippen molar-refractivity contribution in [3.8, 4) is 0 Å². The first-order valence-corrected chi connectivity index (χ1v) is 30.9. The molecule has 0 aromatic heterocycles. The van der Waals surface area contributed by atoms with Gasteiger partial charge in [0.15, 0.2) is 24.6 Å². The molecule has 1 aliphatic heterocycles. The van der Waals surface area contributed by atoms with Crippen LogP contribution in [0, 0.1) is 0 Å². The molecule has 1 fully saturated rings. The number of carboxylic acids is 1. The lowest BCUT2D eigenvalue weighted by Gasteiger charge is -2.40.